The molecule has 0 saturated heterocycles. The monoisotopic (exact) mass is 601 g/mol. The van der Waals surface area contributed by atoms with Crippen LogP contribution in [-0.2, 0) is 11.8 Å². The van der Waals surface area contributed by atoms with Gasteiger partial charge in [-0.05, 0) is 54.4 Å². The highest BCUT2D eigenvalue weighted by Gasteiger charge is 2.41. The van der Waals surface area contributed by atoms with Gasteiger partial charge in [-0.2, -0.15) is 0 Å². The number of hydrazine groups is 1. The molecule has 1 aliphatic rings. The Balaban J connectivity index is 1.21. The largest absolute Gasteiger partial charge is 0.354 e. The Morgan fingerprint density at radius 2 is 1.66 bits per heavy atom. The van der Waals surface area contributed by atoms with Gasteiger partial charge in [-0.3, -0.25) is 25.2 Å². The van der Waals surface area contributed by atoms with Crippen LogP contribution < -0.4 is 10.9 Å². The molecule has 0 aliphatic carbocycles. The third-order valence-electron chi connectivity index (χ3n) is 8.28. The van der Waals surface area contributed by atoms with Gasteiger partial charge in [0.2, 0.25) is 0 Å². The summed E-state index contributed by atoms with van der Waals surface area (Å²) in [5.41, 5.74) is 12.4. The van der Waals surface area contributed by atoms with E-state index in [0.29, 0.717) is 16.3 Å². The number of aromatic nitrogens is 2. The summed E-state index contributed by atoms with van der Waals surface area (Å²) < 4.78 is 1.73. The molecule has 0 bridgehead atoms. The Hall–Kier alpha value is -5.34. The lowest BCUT2D eigenvalue weighted by atomic mass is 9.93. The molecule has 1 atom stereocenters. The molecule has 2 aromatic heterocycles. The van der Waals surface area contributed by atoms with Crippen molar-refractivity contribution in [3.8, 4) is 11.3 Å². The number of hydrogen-bond donors (Lipinski definition) is 3. The number of para-hydroxylation sites is 1. The van der Waals surface area contributed by atoms with Crippen LogP contribution in [-0.4, -0.2) is 38.7 Å². The van der Waals surface area contributed by atoms with E-state index in [4.69, 9.17) is 11.6 Å². The fourth-order valence-electron chi connectivity index (χ4n) is 6.16. The number of H-pyrrole nitrogens is 1. The van der Waals surface area contributed by atoms with E-state index in [1.807, 2.05) is 55.5 Å². The van der Waals surface area contributed by atoms with Crippen LogP contribution >= 0.6 is 11.6 Å². The van der Waals surface area contributed by atoms with Gasteiger partial charge in [0.25, 0.3) is 17.7 Å². The molecule has 0 radical (unpaired) electrons. The van der Waals surface area contributed by atoms with Gasteiger partial charge >= 0.3 is 0 Å². The number of fused-ring (bicyclic) bond motifs is 3. The summed E-state index contributed by atoms with van der Waals surface area (Å²) >= 11 is 6.12. The van der Waals surface area contributed by atoms with Gasteiger partial charge in [0.1, 0.15) is 12.2 Å². The predicted molar refractivity (Wildman–Crippen MR) is 171 cm³/mol. The summed E-state index contributed by atoms with van der Waals surface area (Å²) in [5.74, 6) is -1.26. The molecule has 3 amide bonds. The maximum absolute atomic E-state index is 13.8. The lowest BCUT2D eigenvalue weighted by molar-refractivity contribution is -0.122. The number of aryl methyl sites for hydroxylation is 2. The average Bonchev–Trinajstić information content (AvgIpc) is 3.65. The second kappa shape index (κ2) is 10.7. The molecule has 1 aliphatic heterocycles. The summed E-state index contributed by atoms with van der Waals surface area (Å²) in [6.45, 7) is 1.77. The first-order valence-electron chi connectivity index (χ1n) is 14.2. The average molecular weight is 602 g/mol. The zero-order valence-electron chi connectivity index (χ0n) is 24.0. The molecule has 0 fully saturated rings. The van der Waals surface area contributed by atoms with Gasteiger partial charge in [0.15, 0.2) is 0 Å². The molecular weight excluding hydrogens is 574 g/mol. The van der Waals surface area contributed by atoms with Gasteiger partial charge in [0.05, 0.1) is 11.7 Å². The highest BCUT2D eigenvalue weighted by Crippen LogP contribution is 2.45. The molecule has 4 aromatic carbocycles. The molecule has 6 aromatic rings. The first kappa shape index (κ1) is 27.5. The van der Waals surface area contributed by atoms with E-state index < -0.39 is 17.9 Å². The zero-order valence-corrected chi connectivity index (χ0v) is 24.8. The van der Waals surface area contributed by atoms with Crippen molar-refractivity contribution in [1.82, 2.24) is 25.3 Å². The van der Waals surface area contributed by atoms with Crippen LogP contribution in [0.25, 0.3) is 33.1 Å². The Labute approximate surface area is 258 Å². The molecule has 3 N–H and O–H groups in total. The molecular formula is C35H28ClN5O3. The number of nitrogens with one attached hydrogen (secondary N) is 3. The number of carbonyl (C=O) groups is 3. The van der Waals surface area contributed by atoms with Gasteiger partial charge in [0, 0.05) is 45.0 Å². The minimum Gasteiger partial charge on any atom is -0.354 e. The third-order valence-corrected chi connectivity index (χ3v) is 8.52. The molecule has 218 valence electrons. The molecule has 44 heavy (non-hydrogen) atoms. The van der Waals surface area contributed by atoms with Crippen LogP contribution in [0.1, 0.15) is 43.6 Å². The van der Waals surface area contributed by atoms with Gasteiger partial charge < -0.3 is 14.5 Å². The maximum atomic E-state index is 13.8. The van der Waals surface area contributed by atoms with Crippen LogP contribution in [0.15, 0.2) is 97.1 Å². The van der Waals surface area contributed by atoms with Crippen molar-refractivity contribution in [3.63, 3.8) is 0 Å². The van der Waals surface area contributed by atoms with Crippen molar-refractivity contribution < 1.29 is 14.4 Å². The van der Waals surface area contributed by atoms with Crippen LogP contribution in [0.3, 0.4) is 0 Å². The number of carbonyl (C=O) groups excluding carboxylic acids is 3. The Bertz CT molecular complexity index is 2110. The summed E-state index contributed by atoms with van der Waals surface area (Å²) in [6.07, 6.45) is 0. The molecule has 1 unspecified atom stereocenters. The number of nitrogens with zero attached hydrogens (tertiary/aromatic N) is 2. The van der Waals surface area contributed by atoms with E-state index in [1.165, 1.54) is 0 Å². The number of hydrogen-bond acceptors (Lipinski definition) is 3. The minimum atomic E-state index is -0.532. The number of aromatic amines is 1. The van der Waals surface area contributed by atoms with Crippen molar-refractivity contribution in [2.75, 3.05) is 6.54 Å². The van der Waals surface area contributed by atoms with E-state index >= 15 is 0 Å². The van der Waals surface area contributed by atoms with Crippen molar-refractivity contribution in [2.24, 2.45) is 7.05 Å². The van der Waals surface area contributed by atoms with Crippen molar-refractivity contribution in [3.05, 3.63) is 130 Å². The van der Waals surface area contributed by atoms with E-state index in [9.17, 15) is 14.4 Å². The predicted octanol–water partition coefficient (Wildman–Crippen LogP) is 6.29. The smallest absolute Gasteiger partial charge is 0.286 e. The minimum absolute atomic E-state index is 0.252. The van der Waals surface area contributed by atoms with Crippen LogP contribution in [0.2, 0.25) is 5.02 Å². The molecule has 8 nitrogen and oxygen atoms in total. The Morgan fingerprint density at radius 3 is 2.48 bits per heavy atom. The maximum Gasteiger partial charge on any atom is 0.286 e. The van der Waals surface area contributed by atoms with E-state index in [-0.39, 0.29) is 12.5 Å². The van der Waals surface area contributed by atoms with E-state index in [0.717, 1.165) is 49.8 Å². The topological polar surface area (TPSA) is 99.2 Å². The zero-order chi connectivity index (χ0) is 30.5. The molecule has 0 saturated carbocycles. The number of amides is 3. The first-order valence-corrected chi connectivity index (χ1v) is 14.6. The molecule has 3 heterocycles. The van der Waals surface area contributed by atoms with E-state index in [2.05, 4.69) is 40.1 Å². The fraction of sp³-hybridized carbons (Fsp3) is 0.114. The fourth-order valence-corrected chi connectivity index (χ4v) is 6.34. The van der Waals surface area contributed by atoms with Crippen molar-refractivity contribution >= 4 is 51.1 Å². The van der Waals surface area contributed by atoms with Gasteiger partial charge in [-0.1, -0.05) is 77.8 Å². The first-order chi connectivity index (χ1) is 21.3. The number of halogens is 1. The van der Waals surface area contributed by atoms with Crippen LogP contribution in [0.4, 0.5) is 0 Å². The highest BCUT2D eigenvalue weighted by molar-refractivity contribution is 6.31. The summed E-state index contributed by atoms with van der Waals surface area (Å²) in [6, 6.07) is 30.2. The lowest BCUT2D eigenvalue weighted by Crippen LogP contribution is -2.47. The van der Waals surface area contributed by atoms with Gasteiger partial charge in [-0.25, -0.2) is 0 Å². The quantitative estimate of drug-likeness (QED) is 0.202. The highest BCUT2D eigenvalue weighted by atomic mass is 35.5. The summed E-state index contributed by atoms with van der Waals surface area (Å²) in [7, 11) is 1.77. The Kier molecular flexibility index (Phi) is 6.71. The van der Waals surface area contributed by atoms with Crippen LogP contribution in [0, 0.1) is 6.92 Å². The summed E-state index contributed by atoms with van der Waals surface area (Å²) in [4.78, 5) is 45.4. The van der Waals surface area contributed by atoms with E-state index in [1.54, 1.807) is 40.8 Å². The van der Waals surface area contributed by atoms with Crippen molar-refractivity contribution in [1.29, 1.82) is 0 Å². The van der Waals surface area contributed by atoms with Crippen LogP contribution in [0.5, 0.6) is 0 Å². The molecule has 7 rings (SSSR count). The number of benzene rings is 4. The second-order valence-corrected chi connectivity index (χ2v) is 11.5. The normalized spacial score (nSPS) is 14.3. The molecule has 0 spiro atoms. The standard InChI is InChI=1S/C35H28ClN5O3/c1-20-11-13-21(14-12-20)32-31(26-9-5-6-10-27(26)37-32)33-24-7-3-4-8-25(24)35(44)41(33)19-30(42)38-39-34(43)29-18-22-17-23(36)15-16-28(22)40(29)2/h3-18,33,37H,19H2,1-2H3,(H,38,42)(H,39,43). The molecule has 9 heteroatoms. The van der Waals surface area contributed by atoms with Crippen molar-refractivity contribution in [2.45, 2.75) is 13.0 Å². The third kappa shape index (κ3) is 4.60. The summed E-state index contributed by atoms with van der Waals surface area (Å²) in [5, 5.41) is 2.34. The second-order valence-electron chi connectivity index (χ2n) is 11.0. The Morgan fingerprint density at radius 1 is 0.909 bits per heavy atom. The SMILES string of the molecule is Cc1ccc(-c2[nH]c3ccccc3c2C2c3ccccc3C(=O)N2CC(=O)NNC(=O)c2cc3cc(Cl)ccc3n2C)cc1. The van der Waals surface area contributed by atoms with Gasteiger partial charge in [-0.15, -0.1) is 0 Å². The number of rotatable bonds is 5. The lowest BCUT2D eigenvalue weighted by Gasteiger charge is -2.26.